The minimum absolute atomic E-state index is 0.0300. The third-order valence-corrected chi connectivity index (χ3v) is 4.77. The van der Waals surface area contributed by atoms with Crippen molar-refractivity contribution in [2.75, 3.05) is 39.4 Å². The van der Waals surface area contributed by atoms with E-state index in [-0.39, 0.29) is 17.7 Å². The Morgan fingerprint density at radius 1 is 1.25 bits per heavy atom. The fraction of sp³-hybridized carbons (Fsp3) is 0.619. The first-order chi connectivity index (χ1) is 13.6. The maximum absolute atomic E-state index is 13.0. The van der Waals surface area contributed by atoms with Gasteiger partial charge in [0.15, 0.2) is 11.5 Å². The summed E-state index contributed by atoms with van der Waals surface area (Å²) < 4.78 is 11.5. The monoisotopic (exact) mass is 391 g/mol. The Hall–Kier alpha value is -2.28. The van der Waals surface area contributed by atoms with E-state index in [0.717, 1.165) is 25.7 Å². The van der Waals surface area contributed by atoms with Gasteiger partial charge in [-0.05, 0) is 44.4 Å². The van der Waals surface area contributed by atoms with Crippen molar-refractivity contribution >= 4 is 11.8 Å². The van der Waals surface area contributed by atoms with Crippen LogP contribution in [0.1, 0.15) is 49.9 Å². The van der Waals surface area contributed by atoms with E-state index in [9.17, 15) is 9.59 Å². The molecule has 156 valence electrons. The van der Waals surface area contributed by atoms with Gasteiger partial charge in [0.2, 0.25) is 5.91 Å². The molecule has 2 rings (SSSR count). The fourth-order valence-electron chi connectivity index (χ4n) is 3.25. The standard InChI is InChI=1S/C21H33N3O4/c1-3-5-13-28-18-9-8-16(14-19(18)27-4-2)21(26)24-12-6-7-17(15-24)20(25)23-11-10-22/h8-9,14,17H,3-7,10-13,15,22H2,1-2H3,(H,23,25). The summed E-state index contributed by atoms with van der Waals surface area (Å²) in [6.45, 7) is 7.07. The Morgan fingerprint density at radius 2 is 2.07 bits per heavy atom. The highest BCUT2D eigenvalue weighted by molar-refractivity contribution is 5.95. The minimum Gasteiger partial charge on any atom is -0.490 e. The van der Waals surface area contributed by atoms with E-state index in [1.54, 1.807) is 23.1 Å². The molecule has 2 amide bonds. The summed E-state index contributed by atoms with van der Waals surface area (Å²) in [7, 11) is 0. The number of ether oxygens (including phenoxy) is 2. The number of amides is 2. The van der Waals surface area contributed by atoms with Gasteiger partial charge in [-0.1, -0.05) is 13.3 Å². The summed E-state index contributed by atoms with van der Waals surface area (Å²) in [4.78, 5) is 27.0. The van der Waals surface area contributed by atoms with E-state index >= 15 is 0 Å². The van der Waals surface area contributed by atoms with Crippen LogP contribution in [0.15, 0.2) is 18.2 Å². The van der Waals surface area contributed by atoms with Crippen molar-refractivity contribution in [2.24, 2.45) is 11.7 Å². The van der Waals surface area contributed by atoms with E-state index in [4.69, 9.17) is 15.2 Å². The number of nitrogens with one attached hydrogen (secondary N) is 1. The lowest BCUT2D eigenvalue weighted by Crippen LogP contribution is -2.46. The van der Waals surface area contributed by atoms with Crippen molar-refractivity contribution < 1.29 is 19.1 Å². The molecule has 7 heteroatoms. The van der Waals surface area contributed by atoms with Crippen LogP contribution in [0.5, 0.6) is 11.5 Å². The Morgan fingerprint density at radius 3 is 2.79 bits per heavy atom. The normalized spacial score (nSPS) is 16.5. The molecular formula is C21H33N3O4. The van der Waals surface area contributed by atoms with Crippen LogP contribution in [0.3, 0.4) is 0 Å². The third-order valence-electron chi connectivity index (χ3n) is 4.77. The first-order valence-electron chi connectivity index (χ1n) is 10.3. The van der Waals surface area contributed by atoms with E-state index in [1.807, 2.05) is 6.92 Å². The molecular weight excluding hydrogens is 358 g/mol. The zero-order valence-electron chi connectivity index (χ0n) is 17.0. The predicted octanol–water partition coefficient (Wildman–Crippen LogP) is 2.19. The summed E-state index contributed by atoms with van der Waals surface area (Å²) in [5.41, 5.74) is 6.00. The van der Waals surface area contributed by atoms with Crippen LogP contribution in [-0.2, 0) is 4.79 Å². The zero-order chi connectivity index (χ0) is 20.4. The Kier molecular flexibility index (Phi) is 9.07. The SMILES string of the molecule is CCCCOc1ccc(C(=O)N2CCCC(C(=O)NCCN)C2)cc1OCC. The third kappa shape index (κ3) is 6.12. The molecule has 3 N–H and O–H groups in total. The van der Waals surface area contributed by atoms with E-state index < -0.39 is 0 Å². The molecule has 0 spiro atoms. The van der Waals surface area contributed by atoms with Gasteiger partial charge in [0.25, 0.3) is 5.91 Å². The van der Waals surface area contributed by atoms with Crippen LogP contribution in [0, 0.1) is 5.92 Å². The van der Waals surface area contributed by atoms with E-state index in [0.29, 0.717) is 56.5 Å². The second-order valence-corrected chi connectivity index (χ2v) is 6.97. The average molecular weight is 392 g/mol. The zero-order valence-corrected chi connectivity index (χ0v) is 17.0. The molecule has 7 nitrogen and oxygen atoms in total. The number of hydrogen-bond acceptors (Lipinski definition) is 5. The summed E-state index contributed by atoms with van der Waals surface area (Å²) in [5, 5.41) is 2.82. The molecule has 1 unspecified atom stereocenters. The number of nitrogens with two attached hydrogens (primary N) is 1. The van der Waals surface area contributed by atoms with Gasteiger partial charge in [-0.15, -0.1) is 0 Å². The molecule has 0 bridgehead atoms. The average Bonchev–Trinajstić information content (AvgIpc) is 2.73. The van der Waals surface area contributed by atoms with Crippen molar-refractivity contribution in [1.82, 2.24) is 10.2 Å². The van der Waals surface area contributed by atoms with Crippen LogP contribution in [0.4, 0.5) is 0 Å². The summed E-state index contributed by atoms with van der Waals surface area (Å²) >= 11 is 0. The molecule has 0 aliphatic carbocycles. The van der Waals surface area contributed by atoms with Crippen molar-refractivity contribution in [1.29, 1.82) is 0 Å². The van der Waals surface area contributed by atoms with Crippen LogP contribution in [0.25, 0.3) is 0 Å². The van der Waals surface area contributed by atoms with Crippen molar-refractivity contribution in [2.45, 2.75) is 39.5 Å². The maximum atomic E-state index is 13.0. The minimum atomic E-state index is -0.188. The number of rotatable bonds is 10. The Bertz CT molecular complexity index is 651. The number of carbonyl (C=O) groups is 2. The highest BCUT2D eigenvalue weighted by Gasteiger charge is 2.29. The first kappa shape index (κ1) is 22.0. The molecule has 1 heterocycles. The van der Waals surface area contributed by atoms with E-state index in [2.05, 4.69) is 12.2 Å². The molecule has 0 saturated carbocycles. The molecule has 1 aromatic rings. The Balaban J connectivity index is 2.07. The smallest absolute Gasteiger partial charge is 0.254 e. The lowest BCUT2D eigenvalue weighted by atomic mass is 9.96. The van der Waals surface area contributed by atoms with E-state index in [1.165, 1.54) is 0 Å². The Labute approximate surface area is 167 Å². The van der Waals surface area contributed by atoms with Crippen LogP contribution >= 0.6 is 0 Å². The van der Waals surface area contributed by atoms with Gasteiger partial charge in [-0.25, -0.2) is 0 Å². The van der Waals surface area contributed by atoms with Crippen molar-refractivity contribution in [3.8, 4) is 11.5 Å². The molecule has 1 atom stereocenters. The van der Waals surface area contributed by atoms with Crippen LogP contribution in [0.2, 0.25) is 0 Å². The molecule has 1 fully saturated rings. The molecule has 28 heavy (non-hydrogen) atoms. The number of likely N-dealkylation sites (tertiary alicyclic amines) is 1. The second-order valence-electron chi connectivity index (χ2n) is 6.97. The van der Waals surface area contributed by atoms with Crippen LogP contribution in [-0.4, -0.2) is 56.1 Å². The second kappa shape index (κ2) is 11.5. The number of unbranched alkanes of at least 4 members (excludes halogenated alkanes) is 1. The predicted molar refractivity (Wildman–Crippen MR) is 109 cm³/mol. The van der Waals surface area contributed by atoms with Gasteiger partial charge in [0.05, 0.1) is 19.1 Å². The molecule has 0 radical (unpaired) electrons. The molecule has 1 saturated heterocycles. The highest BCUT2D eigenvalue weighted by atomic mass is 16.5. The van der Waals surface area contributed by atoms with Gasteiger partial charge in [0.1, 0.15) is 0 Å². The number of carbonyl (C=O) groups excluding carboxylic acids is 2. The van der Waals surface area contributed by atoms with Gasteiger partial charge >= 0.3 is 0 Å². The molecule has 1 aromatic carbocycles. The topological polar surface area (TPSA) is 93.9 Å². The molecule has 0 aromatic heterocycles. The van der Waals surface area contributed by atoms with Crippen molar-refractivity contribution in [3.63, 3.8) is 0 Å². The van der Waals surface area contributed by atoms with Crippen molar-refractivity contribution in [3.05, 3.63) is 23.8 Å². The van der Waals surface area contributed by atoms with Gasteiger partial charge in [-0.2, -0.15) is 0 Å². The molecule has 1 aliphatic heterocycles. The number of hydrogen-bond donors (Lipinski definition) is 2. The first-order valence-corrected chi connectivity index (χ1v) is 10.3. The quantitative estimate of drug-likeness (QED) is 0.596. The van der Waals surface area contributed by atoms with Gasteiger partial charge in [0, 0.05) is 31.7 Å². The molecule has 1 aliphatic rings. The summed E-state index contributed by atoms with van der Waals surface area (Å²) in [6, 6.07) is 5.30. The number of nitrogens with zero attached hydrogens (tertiary/aromatic N) is 1. The lowest BCUT2D eigenvalue weighted by Gasteiger charge is -2.32. The fourth-order valence-corrected chi connectivity index (χ4v) is 3.25. The highest BCUT2D eigenvalue weighted by Crippen LogP contribution is 2.30. The number of benzene rings is 1. The largest absolute Gasteiger partial charge is 0.490 e. The van der Waals surface area contributed by atoms with Gasteiger partial charge in [-0.3, -0.25) is 9.59 Å². The summed E-state index contributed by atoms with van der Waals surface area (Å²) in [5.74, 6) is 0.936. The number of piperidine rings is 1. The maximum Gasteiger partial charge on any atom is 0.254 e. The lowest BCUT2D eigenvalue weighted by molar-refractivity contribution is -0.126. The van der Waals surface area contributed by atoms with Crippen LogP contribution < -0.4 is 20.5 Å². The summed E-state index contributed by atoms with van der Waals surface area (Å²) in [6.07, 6.45) is 3.61. The van der Waals surface area contributed by atoms with Gasteiger partial charge < -0.3 is 25.4 Å².